The Balaban J connectivity index is 1.99. The first-order valence-electron chi connectivity index (χ1n) is 5.55. The number of para-hydroxylation sites is 2. The number of hydrogen-bond donors (Lipinski definition) is 0. The van der Waals surface area contributed by atoms with Gasteiger partial charge in [-0.05, 0) is 0 Å². The molecule has 3 rings (SSSR count). The fraction of sp³-hybridized carbons (Fsp3) is 0. The molecule has 112 valence electrons. The van der Waals surface area contributed by atoms with Crippen molar-refractivity contribution in [2.45, 2.75) is 0 Å². The summed E-state index contributed by atoms with van der Waals surface area (Å²) in [5.74, 6) is -3.03. The number of benzene rings is 2. The fourth-order valence-electron chi connectivity index (χ4n) is 1.73. The van der Waals surface area contributed by atoms with E-state index in [1.165, 1.54) is 0 Å². The second-order valence-electron chi connectivity index (χ2n) is 4.12. The summed E-state index contributed by atoms with van der Waals surface area (Å²) >= 11 is 22.9. The van der Waals surface area contributed by atoms with Gasteiger partial charge in [-0.2, -0.15) is 0 Å². The SMILES string of the molecule is ClP1(Cl)(Oc2c(Br)cc(Br)cc2Br)Oc2ccccc2O1. The molecule has 0 fully saturated rings. The Bertz CT molecular complexity index is 689. The predicted molar refractivity (Wildman–Crippen MR) is 96.5 cm³/mol. The molecular weight excluding hydrogens is 534 g/mol. The maximum atomic E-state index is 6.39. The van der Waals surface area contributed by atoms with E-state index in [-0.39, 0.29) is 0 Å². The molecule has 21 heavy (non-hydrogen) atoms. The van der Waals surface area contributed by atoms with E-state index >= 15 is 0 Å². The van der Waals surface area contributed by atoms with Gasteiger partial charge in [0.05, 0.1) is 0 Å². The number of hydrogen-bond acceptors (Lipinski definition) is 3. The third kappa shape index (κ3) is 3.31. The van der Waals surface area contributed by atoms with Crippen molar-refractivity contribution in [3.8, 4) is 17.2 Å². The summed E-state index contributed by atoms with van der Waals surface area (Å²) in [5.41, 5.74) is 0. The Morgan fingerprint density at radius 1 is 0.905 bits per heavy atom. The molecule has 1 aliphatic heterocycles. The molecule has 0 N–H and O–H groups in total. The molecule has 2 aromatic rings. The molecule has 1 aliphatic rings. The predicted octanol–water partition coefficient (Wildman–Crippen LogP) is 7.43. The van der Waals surface area contributed by atoms with E-state index in [1.807, 2.05) is 0 Å². The van der Waals surface area contributed by atoms with Crippen LogP contribution in [0.4, 0.5) is 0 Å². The van der Waals surface area contributed by atoms with Gasteiger partial charge in [0.2, 0.25) is 0 Å². The van der Waals surface area contributed by atoms with Crippen molar-refractivity contribution in [2.24, 2.45) is 0 Å². The van der Waals surface area contributed by atoms with E-state index in [0.29, 0.717) is 26.2 Å². The van der Waals surface area contributed by atoms with Crippen molar-refractivity contribution in [2.75, 3.05) is 0 Å². The summed E-state index contributed by atoms with van der Waals surface area (Å²) < 4.78 is 19.1. The van der Waals surface area contributed by atoms with Crippen LogP contribution in [0, 0.1) is 0 Å². The number of halogens is 5. The quantitative estimate of drug-likeness (QED) is 0.372. The van der Waals surface area contributed by atoms with E-state index in [4.69, 9.17) is 36.1 Å². The van der Waals surface area contributed by atoms with Crippen molar-refractivity contribution in [1.29, 1.82) is 0 Å². The van der Waals surface area contributed by atoms with E-state index < -0.39 is 5.99 Å². The zero-order valence-electron chi connectivity index (χ0n) is 10.0. The molecule has 0 aromatic heterocycles. The van der Waals surface area contributed by atoms with Gasteiger partial charge in [0.25, 0.3) is 0 Å². The molecule has 0 aliphatic carbocycles. The van der Waals surface area contributed by atoms with Crippen molar-refractivity contribution < 1.29 is 13.6 Å². The van der Waals surface area contributed by atoms with Crippen LogP contribution >= 0.6 is 76.3 Å². The van der Waals surface area contributed by atoms with E-state index in [2.05, 4.69) is 47.8 Å². The molecule has 0 saturated carbocycles. The topological polar surface area (TPSA) is 27.7 Å². The van der Waals surface area contributed by atoms with Gasteiger partial charge in [0.15, 0.2) is 0 Å². The Kier molecular flexibility index (Phi) is 4.18. The van der Waals surface area contributed by atoms with Crippen LogP contribution in [0.15, 0.2) is 49.8 Å². The molecule has 3 nitrogen and oxygen atoms in total. The van der Waals surface area contributed by atoms with Crippen molar-refractivity contribution in [3.63, 3.8) is 0 Å². The van der Waals surface area contributed by atoms with Gasteiger partial charge >= 0.3 is 157 Å². The van der Waals surface area contributed by atoms with Crippen LogP contribution in [-0.2, 0) is 0 Å². The number of rotatable bonds is 2. The van der Waals surface area contributed by atoms with Gasteiger partial charge in [-0.25, -0.2) is 0 Å². The molecule has 2 aromatic carbocycles. The van der Waals surface area contributed by atoms with Crippen LogP contribution in [-0.4, -0.2) is 0 Å². The minimum absolute atomic E-state index is 0.397. The zero-order chi connectivity index (χ0) is 15.3. The summed E-state index contributed by atoms with van der Waals surface area (Å²) in [6.07, 6.45) is 0. The van der Waals surface area contributed by atoms with Crippen molar-refractivity contribution in [1.82, 2.24) is 0 Å². The summed E-state index contributed by atoms with van der Waals surface area (Å²) in [6.45, 7) is 0. The summed E-state index contributed by atoms with van der Waals surface area (Å²) in [4.78, 5) is 0. The van der Waals surface area contributed by atoms with Crippen LogP contribution in [0.3, 0.4) is 0 Å². The van der Waals surface area contributed by atoms with E-state index in [1.54, 1.807) is 36.4 Å². The van der Waals surface area contributed by atoms with Crippen LogP contribution < -0.4 is 13.6 Å². The Morgan fingerprint density at radius 2 is 1.38 bits per heavy atom. The molecule has 0 spiro atoms. The maximum absolute atomic E-state index is 6.39. The zero-order valence-corrected chi connectivity index (χ0v) is 17.2. The van der Waals surface area contributed by atoms with Crippen molar-refractivity contribution in [3.05, 3.63) is 49.8 Å². The van der Waals surface area contributed by atoms with Gasteiger partial charge in [-0.3, -0.25) is 0 Å². The van der Waals surface area contributed by atoms with Crippen LogP contribution in [0.25, 0.3) is 0 Å². The molecule has 1 heterocycles. The first-order valence-corrected chi connectivity index (χ1v) is 11.7. The van der Waals surface area contributed by atoms with Gasteiger partial charge in [-0.15, -0.1) is 0 Å². The second-order valence-corrected chi connectivity index (χ2v) is 12.7. The fourth-order valence-corrected chi connectivity index (χ4v) is 7.22. The first-order chi connectivity index (χ1) is 9.75. The average molecular weight is 540 g/mol. The Morgan fingerprint density at radius 3 is 1.86 bits per heavy atom. The van der Waals surface area contributed by atoms with E-state index in [9.17, 15) is 0 Å². The standard InChI is InChI=1S/C12H6Br3Cl2O3P/c13-7-5-8(14)12(9(15)6-7)20-21(16,17)18-10-3-1-2-4-11(10)19-21/h1-6H. The van der Waals surface area contributed by atoms with E-state index in [0.717, 1.165) is 4.47 Å². The molecule has 0 radical (unpaired) electrons. The van der Waals surface area contributed by atoms with Gasteiger partial charge in [0.1, 0.15) is 0 Å². The molecule has 0 atom stereocenters. The van der Waals surface area contributed by atoms with Gasteiger partial charge < -0.3 is 0 Å². The summed E-state index contributed by atoms with van der Waals surface area (Å²) in [7, 11) is 0. The van der Waals surface area contributed by atoms with Crippen LogP contribution in [0.1, 0.15) is 0 Å². The molecule has 0 amide bonds. The third-order valence-electron chi connectivity index (χ3n) is 2.53. The monoisotopic (exact) mass is 536 g/mol. The molecular formula is C12H6Br3Cl2O3P. The Labute approximate surface area is 156 Å². The molecule has 0 bridgehead atoms. The summed E-state index contributed by atoms with van der Waals surface area (Å²) in [6, 6.07) is 10.6. The second kappa shape index (κ2) is 5.43. The molecule has 9 heteroatoms. The van der Waals surface area contributed by atoms with Crippen LogP contribution in [0.5, 0.6) is 17.2 Å². The van der Waals surface area contributed by atoms with Crippen molar-refractivity contribution >= 4 is 76.3 Å². The van der Waals surface area contributed by atoms with Crippen LogP contribution in [0.2, 0.25) is 0 Å². The Hall–Kier alpha value is 0.290. The summed E-state index contributed by atoms with van der Waals surface area (Å²) in [5, 5.41) is 0. The average Bonchev–Trinajstić information content (AvgIpc) is 2.65. The van der Waals surface area contributed by atoms with Gasteiger partial charge in [0, 0.05) is 0 Å². The third-order valence-corrected chi connectivity index (χ3v) is 6.85. The minimum atomic E-state index is -4.33. The van der Waals surface area contributed by atoms with Gasteiger partial charge in [-0.1, -0.05) is 0 Å². The molecule has 0 unspecified atom stereocenters. The normalized spacial score (nSPS) is 19.6. The molecule has 0 saturated heterocycles. The first kappa shape index (κ1) is 16.2. The number of fused-ring (bicyclic) bond motifs is 1.